The van der Waals surface area contributed by atoms with Crippen molar-refractivity contribution in [2.45, 2.75) is 51.5 Å². The van der Waals surface area contributed by atoms with Crippen LogP contribution in [0.5, 0.6) is 0 Å². The van der Waals surface area contributed by atoms with Gasteiger partial charge in [0.15, 0.2) is 0 Å². The third kappa shape index (κ3) is 3.97. The minimum Gasteiger partial charge on any atom is -0.320 e. The fourth-order valence-corrected chi connectivity index (χ4v) is 2.44. The van der Waals surface area contributed by atoms with Gasteiger partial charge >= 0.3 is 0 Å². The van der Waals surface area contributed by atoms with Crippen LogP contribution in [-0.4, -0.2) is 37.6 Å². The molecule has 84 valence electrons. The normalized spacial score (nSPS) is 21.0. The topological polar surface area (TPSA) is 15.3 Å². The van der Waals surface area contributed by atoms with Gasteiger partial charge in [0.2, 0.25) is 0 Å². The molecule has 1 heterocycles. The number of hydrogen-bond donors (Lipinski definition) is 1. The van der Waals surface area contributed by atoms with Crippen LogP contribution in [0.25, 0.3) is 0 Å². The molecule has 1 atom stereocenters. The van der Waals surface area contributed by atoms with Gasteiger partial charge in [-0.3, -0.25) is 0 Å². The van der Waals surface area contributed by atoms with Gasteiger partial charge < -0.3 is 10.2 Å². The smallest absolute Gasteiger partial charge is 0.0107 e. The molecule has 0 aromatic rings. The Balaban J connectivity index is 2.30. The predicted molar refractivity (Wildman–Crippen MR) is 62.7 cm³/mol. The molecule has 1 aliphatic heterocycles. The maximum Gasteiger partial charge on any atom is 0.0107 e. The van der Waals surface area contributed by atoms with E-state index < -0.39 is 0 Å². The largest absolute Gasteiger partial charge is 0.320 e. The summed E-state index contributed by atoms with van der Waals surface area (Å²) in [7, 11) is 2.05. The van der Waals surface area contributed by atoms with Crippen molar-refractivity contribution < 1.29 is 0 Å². The van der Waals surface area contributed by atoms with Crippen molar-refractivity contribution in [3.63, 3.8) is 0 Å². The van der Waals surface area contributed by atoms with Gasteiger partial charge in [-0.15, -0.1) is 0 Å². The fraction of sp³-hybridized carbons (Fsp3) is 1.00. The Morgan fingerprint density at radius 3 is 2.43 bits per heavy atom. The van der Waals surface area contributed by atoms with E-state index in [4.69, 9.17) is 0 Å². The zero-order valence-electron chi connectivity index (χ0n) is 9.89. The van der Waals surface area contributed by atoms with Gasteiger partial charge in [-0.2, -0.15) is 0 Å². The number of nitrogens with one attached hydrogen (secondary N) is 1. The van der Waals surface area contributed by atoms with Crippen molar-refractivity contribution >= 4 is 0 Å². The molecule has 0 saturated carbocycles. The summed E-state index contributed by atoms with van der Waals surface area (Å²) in [5, 5.41) is 3.27. The summed E-state index contributed by atoms with van der Waals surface area (Å²) in [6.07, 6.45) is 8.30. The summed E-state index contributed by atoms with van der Waals surface area (Å²) in [4.78, 5) is 2.71. The van der Waals surface area contributed by atoms with E-state index in [1.165, 1.54) is 58.2 Å². The second kappa shape index (κ2) is 7.24. The van der Waals surface area contributed by atoms with E-state index in [-0.39, 0.29) is 0 Å². The molecule has 0 amide bonds. The molecule has 14 heavy (non-hydrogen) atoms. The highest BCUT2D eigenvalue weighted by Crippen LogP contribution is 2.17. The molecule has 1 N–H and O–H groups in total. The lowest BCUT2D eigenvalue weighted by Gasteiger charge is -2.34. The molecule has 1 unspecified atom stereocenters. The first-order valence-electron chi connectivity index (χ1n) is 6.27. The number of rotatable bonds is 6. The van der Waals surface area contributed by atoms with E-state index in [1.807, 2.05) is 0 Å². The SMILES string of the molecule is CCCC(CCNC)N1CCCCC1. The molecule has 1 rings (SSSR count). The lowest BCUT2D eigenvalue weighted by molar-refractivity contribution is 0.147. The summed E-state index contributed by atoms with van der Waals surface area (Å²) < 4.78 is 0. The average molecular weight is 198 g/mol. The predicted octanol–water partition coefficient (Wildman–Crippen LogP) is 2.25. The van der Waals surface area contributed by atoms with Crippen LogP contribution in [0.15, 0.2) is 0 Å². The molecule has 0 aromatic carbocycles. The zero-order valence-corrected chi connectivity index (χ0v) is 9.89. The number of hydrogen-bond acceptors (Lipinski definition) is 2. The van der Waals surface area contributed by atoms with Crippen LogP contribution >= 0.6 is 0 Å². The van der Waals surface area contributed by atoms with E-state index in [1.54, 1.807) is 0 Å². The Hall–Kier alpha value is -0.0800. The lowest BCUT2D eigenvalue weighted by atomic mass is 10.0. The minimum absolute atomic E-state index is 0.841. The van der Waals surface area contributed by atoms with Crippen molar-refractivity contribution in [3.8, 4) is 0 Å². The fourth-order valence-electron chi connectivity index (χ4n) is 2.44. The van der Waals surface area contributed by atoms with Crippen LogP contribution in [0.4, 0.5) is 0 Å². The molecular weight excluding hydrogens is 172 g/mol. The Bertz CT molecular complexity index is 130. The molecule has 0 aliphatic carbocycles. The number of likely N-dealkylation sites (tertiary alicyclic amines) is 1. The van der Waals surface area contributed by atoms with E-state index in [9.17, 15) is 0 Å². The summed E-state index contributed by atoms with van der Waals surface area (Å²) in [5.74, 6) is 0. The average Bonchev–Trinajstić information content (AvgIpc) is 2.25. The van der Waals surface area contributed by atoms with Gasteiger partial charge in [0.05, 0.1) is 0 Å². The summed E-state index contributed by atoms with van der Waals surface area (Å²) in [5.41, 5.74) is 0. The van der Waals surface area contributed by atoms with Crippen LogP contribution in [0.3, 0.4) is 0 Å². The maximum atomic E-state index is 3.27. The Kier molecular flexibility index (Phi) is 6.20. The van der Waals surface area contributed by atoms with Gasteiger partial charge in [-0.1, -0.05) is 19.8 Å². The third-order valence-corrected chi connectivity index (χ3v) is 3.26. The lowest BCUT2D eigenvalue weighted by Crippen LogP contribution is -2.40. The standard InChI is InChI=1S/C12H26N2/c1-3-7-12(8-9-13-2)14-10-5-4-6-11-14/h12-13H,3-11H2,1-2H3. The van der Waals surface area contributed by atoms with Gasteiger partial charge in [0, 0.05) is 6.04 Å². The summed E-state index contributed by atoms with van der Waals surface area (Å²) in [6.45, 7) is 6.15. The molecule has 0 aromatic heterocycles. The second-order valence-corrected chi connectivity index (χ2v) is 4.43. The van der Waals surface area contributed by atoms with Crippen LogP contribution in [0.2, 0.25) is 0 Å². The van der Waals surface area contributed by atoms with Gasteiger partial charge in [-0.05, 0) is 52.4 Å². The number of nitrogens with zero attached hydrogens (tertiary/aromatic N) is 1. The Morgan fingerprint density at radius 1 is 1.14 bits per heavy atom. The summed E-state index contributed by atoms with van der Waals surface area (Å²) in [6, 6.07) is 0.841. The van der Waals surface area contributed by atoms with Crippen LogP contribution in [0.1, 0.15) is 45.4 Å². The first kappa shape index (κ1) is 12.0. The van der Waals surface area contributed by atoms with E-state index >= 15 is 0 Å². The molecule has 0 spiro atoms. The van der Waals surface area contributed by atoms with Crippen molar-refractivity contribution in [1.29, 1.82) is 0 Å². The van der Waals surface area contributed by atoms with Crippen molar-refractivity contribution in [1.82, 2.24) is 10.2 Å². The van der Waals surface area contributed by atoms with E-state index in [0.717, 1.165) is 6.04 Å². The molecule has 2 heteroatoms. The highest BCUT2D eigenvalue weighted by molar-refractivity contribution is 4.75. The van der Waals surface area contributed by atoms with E-state index in [0.29, 0.717) is 0 Å². The van der Waals surface area contributed by atoms with Crippen LogP contribution in [-0.2, 0) is 0 Å². The summed E-state index contributed by atoms with van der Waals surface area (Å²) >= 11 is 0. The van der Waals surface area contributed by atoms with Crippen LogP contribution in [0, 0.1) is 0 Å². The maximum absolute atomic E-state index is 3.27. The number of piperidine rings is 1. The monoisotopic (exact) mass is 198 g/mol. The molecule has 0 bridgehead atoms. The molecule has 0 radical (unpaired) electrons. The molecule has 1 aliphatic rings. The molecular formula is C12H26N2. The Labute approximate surface area is 89.1 Å². The highest BCUT2D eigenvalue weighted by Gasteiger charge is 2.18. The van der Waals surface area contributed by atoms with Gasteiger partial charge in [-0.25, -0.2) is 0 Å². The Morgan fingerprint density at radius 2 is 1.86 bits per heavy atom. The molecule has 1 fully saturated rings. The van der Waals surface area contributed by atoms with Gasteiger partial charge in [0.25, 0.3) is 0 Å². The van der Waals surface area contributed by atoms with Crippen molar-refractivity contribution in [2.75, 3.05) is 26.7 Å². The minimum atomic E-state index is 0.841. The third-order valence-electron chi connectivity index (χ3n) is 3.26. The van der Waals surface area contributed by atoms with E-state index in [2.05, 4.69) is 24.2 Å². The van der Waals surface area contributed by atoms with Crippen molar-refractivity contribution in [3.05, 3.63) is 0 Å². The van der Waals surface area contributed by atoms with Gasteiger partial charge in [0.1, 0.15) is 0 Å². The first-order chi connectivity index (χ1) is 6.88. The zero-order chi connectivity index (χ0) is 10.2. The molecule has 2 nitrogen and oxygen atoms in total. The van der Waals surface area contributed by atoms with Crippen molar-refractivity contribution in [2.24, 2.45) is 0 Å². The highest BCUT2D eigenvalue weighted by atomic mass is 15.2. The molecule has 1 saturated heterocycles. The second-order valence-electron chi connectivity index (χ2n) is 4.43. The quantitative estimate of drug-likeness (QED) is 0.704. The first-order valence-corrected chi connectivity index (χ1v) is 6.27. The van der Waals surface area contributed by atoms with Crippen LogP contribution < -0.4 is 5.32 Å².